The van der Waals surface area contributed by atoms with E-state index >= 15 is 0 Å². The van der Waals surface area contributed by atoms with E-state index in [0.29, 0.717) is 22.9 Å². The lowest BCUT2D eigenvalue weighted by Gasteiger charge is -2.10. The molecule has 0 unspecified atom stereocenters. The van der Waals surface area contributed by atoms with Crippen molar-refractivity contribution in [2.45, 2.75) is 13.5 Å². The van der Waals surface area contributed by atoms with Crippen LogP contribution in [0.4, 0.5) is 0 Å². The van der Waals surface area contributed by atoms with Gasteiger partial charge in [-0.15, -0.1) is 0 Å². The number of rotatable bonds is 6. The van der Waals surface area contributed by atoms with E-state index in [1.807, 2.05) is 24.3 Å². The molecule has 8 heteroatoms. The van der Waals surface area contributed by atoms with E-state index in [-0.39, 0.29) is 6.61 Å². The third-order valence-electron chi connectivity index (χ3n) is 3.23. The molecule has 26 heavy (non-hydrogen) atoms. The zero-order chi connectivity index (χ0) is 18.9. The van der Waals surface area contributed by atoms with Crippen molar-refractivity contribution in [1.29, 1.82) is 0 Å². The lowest BCUT2D eigenvalue weighted by atomic mass is 10.2. The van der Waals surface area contributed by atoms with Gasteiger partial charge in [0.15, 0.2) is 0 Å². The normalized spacial score (nSPS) is 10.6. The van der Waals surface area contributed by atoms with Crippen LogP contribution < -0.4 is 15.5 Å². The minimum Gasteiger partial charge on any atom is -0.488 e. The zero-order valence-electron chi connectivity index (χ0n) is 14.0. The quantitative estimate of drug-likeness (QED) is 0.413. The summed E-state index contributed by atoms with van der Waals surface area (Å²) in [6.45, 7) is 2.37. The second-order valence-electron chi connectivity index (χ2n) is 5.12. The summed E-state index contributed by atoms with van der Waals surface area (Å²) in [5, 5.41) is 6.82. The second kappa shape index (κ2) is 9.94. The van der Waals surface area contributed by atoms with Crippen LogP contribution in [0.3, 0.4) is 0 Å². The van der Waals surface area contributed by atoms with Gasteiger partial charge in [-0.2, -0.15) is 5.10 Å². The van der Waals surface area contributed by atoms with Crippen LogP contribution in [0.15, 0.2) is 52.0 Å². The predicted octanol–water partition coefficient (Wildman–Crippen LogP) is 3.27. The summed E-state index contributed by atoms with van der Waals surface area (Å²) in [4.78, 5) is 22.9. The molecule has 0 heterocycles. The minimum atomic E-state index is -0.836. The standard InChI is InChI=1S/C18H17BrClN3O3/c1-2-21-17(24)18(25)23-22-10-13-9-14(19)7-8-16(13)26-11-12-5-3-4-6-15(12)20/h3-10H,2,11H2,1H3,(H,21,24)(H,23,25)/b22-10-. The summed E-state index contributed by atoms with van der Waals surface area (Å²) < 4.78 is 6.63. The van der Waals surface area contributed by atoms with E-state index in [1.54, 1.807) is 25.1 Å². The Morgan fingerprint density at radius 3 is 2.73 bits per heavy atom. The van der Waals surface area contributed by atoms with Gasteiger partial charge in [-0.25, -0.2) is 5.43 Å². The van der Waals surface area contributed by atoms with Crippen LogP contribution in [0.2, 0.25) is 5.02 Å². The van der Waals surface area contributed by atoms with Gasteiger partial charge < -0.3 is 10.1 Å². The van der Waals surface area contributed by atoms with Crippen molar-refractivity contribution in [2.75, 3.05) is 6.54 Å². The first-order valence-electron chi connectivity index (χ1n) is 7.78. The Hall–Kier alpha value is -2.38. The number of nitrogens with one attached hydrogen (secondary N) is 2. The summed E-state index contributed by atoms with van der Waals surface area (Å²) in [5.41, 5.74) is 3.65. The molecule has 2 amide bonds. The van der Waals surface area contributed by atoms with E-state index in [2.05, 4.69) is 31.8 Å². The van der Waals surface area contributed by atoms with Gasteiger partial charge in [0.1, 0.15) is 12.4 Å². The molecule has 0 aliphatic heterocycles. The Morgan fingerprint density at radius 2 is 2.00 bits per heavy atom. The smallest absolute Gasteiger partial charge is 0.329 e. The van der Waals surface area contributed by atoms with Crippen LogP contribution in [-0.2, 0) is 16.2 Å². The number of halogens is 2. The van der Waals surface area contributed by atoms with Gasteiger partial charge in [0.2, 0.25) is 0 Å². The van der Waals surface area contributed by atoms with Crippen LogP contribution in [0.1, 0.15) is 18.1 Å². The second-order valence-corrected chi connectivity index (χ2v) is 6.44. The van der Waals surface area contributed by atoms with Gasteiger partial charge >= 0.3 is 11.8 Å². The molecule has 2 aromatic rings. The minimum absolute atomic E-state index is 0.285. The number of nitrogens with zero attached hydrogens (tertiary/aromatic N) is 1. The number of likely N-dealkylation sites (N-methyl/N-ethyl adjacent to an activating group) is 1. The fourth-order valence-corrected chi connectivity index (χ4v) is 2.54. The Kier molecular flexibility index (Phi) is 7.62. The third kappa shape index (κ3) is 5.86. The molecular weight excluding hydrogens is 422 g/mol. The Bertz CT molecular complexity index is 827. The Morgan fingerprint density at radius 1 is 1.23 bits per heavy atom. The highest BCUT2D eigenvalue weighted by molar-refractivity contribution is 9.10. The summed E-state index contributed by atoms with van der Waals surface area (Å²) >= 11 is 9.51. The fourth-order valence-electron chi connectivity index (χ4n) is 1.97. The first-order valence-corrected chi connectivity index (χ1v) is 8.95. The molecule has 0 radical (unpaired) electrons. The maximum absolute atomic E-state index is 11.5. The first-order chi connectivity index (χ1) is 12.5. The molecule has 0 saturated heterocycles. The molecule has 2 rings (SSSR count). The van der Waals surface area contributed by atoms with E-state index < -0.39 is 11.8 Å². The highest BCUT2D eigenvalue weighted by Gasteiger charge is 2.11. The molecule has 2 N–H and O–H groups in total. The number of hydrazone groups is 1. The Balaban J connectivity index is 2.07. The van der Waals surface area contributed by atoms with Gasteiger partial charge in [-0.3, -0.25) is 9.59 Å². The Labute approximate surface area is 164 Å². The molecule has 2 aromatic carbocycles. The number of ether oxygens (including phenoxy) is 1. The predicted molar refractivity (Wildman–Crippen MR) is 104 cm³/mol. The topological polar surface area (TPSA) is 79.8 Å². The molecule has 0 spiro atoms. The van der Waals surface area contributed by atoms with Crippen LogP contribution >= 0.6 is 27.5 Å². The average Bonchev–Trinajstić information content (AvgIpc) is 2.62. The number of benzene rings is 2. The highest BCUT2D eigenvalue weighted by atomic mass is 79.9. The van der Waals surface area contributed by atoms with Crippen molar-refractivity contribution in [3.05, 3.63) is 63.1 Å². The fraction of sp³-hybridized carbons (Fsp3) is 0.167. The first kappa shape index (κ1) is 19.9. The van der Waals surface area contributed by atoms with Gasteiger partial charge in [0, 0.05) is 27.2 Å². The van der Waals surface area contributed by atoms with Crippen molar-refractivity contribution in [2.24, 2.45) is 5.10 Å². The number of hydrogen-bond donors (Lipinski definition) is 2. The van der Waals surface area contributed by atoms with Gasteiger partial charge in [0.05, 0.1) is 6.21 Å². The molecule has 0 aliphatic carbocycles. The van der Waals surface area contributed by atoms with E-state index in [4.69, 9.17) is 16.3 Å². The van der Waals surface area contributed by atoms with Crippen LogP contribution in [0, 0.1) is 0 Å². The highest BCUT2D eigenvalue weighted by Crippen LogP contribution is 2.24. The van der Waals surface area contributed by atoms with Crippen molar-refractivity contribution < 1.29 is 14.3 Å². The van der Waals surface area contributed by atoms with E-state index in [1.165, 1.54) is 6.21 Å². The van der Waals surface area contributed by atoms with Gasteiger partial charge in [-0.05, 0) is 31.2 Å². The van der Waals surface area contributed by atoms with Crippen molar-refractivity contribution in [1.82, 2.24) is 10.7 Å². The lowest BCUT2D eigenvalue weighted by molar-refractivity contribution is -0.139. The maximum atomic E-state index is 11.5. The molecular formula is C18H17BrClN3O3. The molecule has 0 bridgehead atoms. The zero-order valence-corrected chi connectivity index (χ0v) is 16.3. The van der Waals surface area contributed by atoms with E-state index in [9.17, 15) is 9.59 Å². The SMILES string of the molecule is CCNC(=O)C(=O)N/N=C\c1cc(Br)ccc1OCc1ccccc1Cl. The number of hydrogen-bond acceptors (Lipinski definition) is 4. The summed E-state index contributed by atoms with van der Waals surface area (Å²) in [6.07, 6.45) is 1.41. The third-order valence-corrected chi connectivity index (χ3v) is 4.09. The number of carbonyl (C=O) groups excluding carboxylic acids is 2. The maximum Gasteiger partial charge on any atom is 0.329 e. The molecule has 136 valence electrons. The molecule has 0 fully saturated rings. The molecule has 0 saturated carbocycles. The van der Waals surface area contributed by atoms with Crippen LogP contribution in [-0.4, -0.2) is 24.6 Å². The molecule has 0 aliphatic rings. The van der Waals surface area contributed by atoms with Gasteiger partial charge in [0.25, 0.3) is 0 Å². The molecule has 6 nitrogen and oxygen atoms in total. The largest absolute Gasteiger partial charge is 0.488 e. The summed E-state index contributed by atoms with van der Waals surface area (Å²) in [7, 11) is 0. The average molecular weight is 439 g/mol. The van der Waals surface area contributed by atoms with Crippen LogP contribution in [0.25, 0.3) is 0 Å². The number of carbonyl (C=O) groups is 2. The van der Waals surface area contributed by atoms with Crippen LogP contribution in [0.5, 0.6) is 5.75 Å². The van der Waals surface area contributed by atoms with Crippen molar-refractivity contribution in [3.63, 3.8) is 0 Å². The van der Waals surface area contributed by atoms with Crippen molar-refractivity contribution in [3.8, 4) is 5.75 Å². The monoisotopic (exact) mass is 437 g/mol. The summed E-state index contributed by atoms with van der Waals surface area (Å²) in [5.74, 6) is -1.02. The molecule has 0 atom stereocenters. The van der Waals surface area contributed by atoms with Gasteiger partial charge in [-0.1, -0.05) is 45.7 Å². The van der Waals surface area contributed by atoms with E-state index in [0.717, 1.165) is 10.0 Å². The number of amides is 2. The summed E-state index contributed by atoms with van der Waals surface area (Å²) in [6, 6.07) is 12.8. The van der Waals surface area contributed by atoms with Crippen molar-refractivity contribution >= 4 is 45.6 Å². The molecule has 0 aromatic heterocycles. The lowest BCUT2D eigenvalue weighted by Crippen LogP contribution is -2.37.